The number of carboxylic acids is 1. The molecule has 0 aromatic heterocycles. The van der Waals surface area contributed by atoms with Gasteiger partial charge in [-0.15, -0.1) is 6.58 Å². The van der Waals surface area contributed by atoms with Gasteiger partial charge in [0.2, 0.25) is 6.29 Å². The van der Waals surface area contributed by atoms with E-state index in [4.69, 9.17) is 34.5 Å². The molecule has 0 radical (unpaired) electrons. The van der Waals surface area contributed by atoms with Crippen LogP contribution in [0.25, 0.3) is 0 Å². The van der Waals surface area contributed by atoms with Gasteiger partial charge < -0.3 is 70.3 Å². The second-order valence-corrected chi connectivity index (χ2v) is 11.2. The Morgan fingerprint density at radius 2 is 1.96 bits per heavy atom. The number of hydrogen-bond donors (Lipinski definition) is 9. The highest BCUT2D eigenvalue weighted by molar-refractivity contribution is 5.95. The lowest BCUT2D eigenvalue weighted by atomic mass is 9.83. The van der Waals surface area contributed by atoms with E-state index in [9.17, 15) is 35.1 Å². The van der Waals surface area contributed by atoms with Crippen molar-refractivity contribution in [3.05, 3.63) is 59.7 Å². The van der Waals surface area contributed by atoms with Crippen LogP contribution in [-0.4, -0.2) is 151 Å². The minimum Gasteiger partial charge on any atom is -0.478 e. The van der Waals surface area contributed by atoms with E-state index in [1.807, 2.05) is 0 Å². The molecule has 3 heterocycles. The first-order chi connectivity index (χ1) is 23.5. The minimum atomic E-state index is -1.51. The number of hydrogen-bond acceptors (Lipinski definition) is 15. The second-order valence-electron chi connectivity index (χ2n) is 11.2. The molecule has 1 saturated heterocycles. The lowest BCUT2D eigenvalue weighted by Gasteiger charge is -2.44. The number of allylic oxidation sites excluding steroid dienone is 1. The molecule has 274 valence electrons. The summed E-state index contributed by atoms with van der Waals surface area (Å²) < 4.78 is 28.3. The molecule has 1 fully saturated rings. The number of aliphatic hydroxyl groups is 5. The van der Waals surface area contributed by atoms with Crippen LogP contribution in [0, 0.1) is 11.8 Å². The van der Waals surface area contributed by atoms with Crippen LogP contribution in [-0.2, 0) is 33.3 Å². The number of nitrogens with one attached hydrogen (secondary N) is 2. The SMILES string of the molecule is C=C[C@H]1[C@H](O[C@@H]2O[C@H](CO)[C@@H](O)[C@H](O)[C@H]2OCNC)OC=C(C(=O)OC)[C@H]1/C=C/C1=C(NC(N)=NCCCO)C(C(=O)O)=CN(CCO)C1. The van der Waals surface area contributed by atoms with Gasteiger partial charge in [0.1, 0.15) is 24.4 Å². The van der Waals surface area contributed by atoms with Crippen molar-refractivity contribution in [3.8, 4) is 0 Å². The molecule has 0 unspecified atom stereocenters. The number of esters is 1. The molecule has 0 spiro atoms. The van der Waals surface area contributed by atoms with E-state index in [0.29, 0.717) is 12.0 Å². The van der Waals surface area contributed by atoms with Crippen LogP contribution in [0.5, 0.6) is 0 Å². The molecule has 3 aliphatic heterocycles. The molecule has 0 bridgehead atoms. The quantitative estimate of drug-likeness (QED) is 0.0186. The highest BCUT2D eigenvalue weighted by Gasteiger charge is 2.48. The number of aliphatic carboxylic acids is 1. The van der Waals surface area contributed by atoms with Crippen molar-refractivity contribution in [1.29, 1.82) is 0 Å². The summed E-state index contributed by atoms with van der Waals surface area (Å²) >= 11 is 0. The molecule has 3 aliphatic rings. The van der Waals surface area contributed by atoms with Gasteiger partial charge in [0, 0.05) is 38.4 Å². The van der Waals surface area contributed by atoms with Crippen LogP contribution in [0.3, 0.4) is 0 Å². The Bertz CT molecular complexity index is 1300. The molecule has 0 aromatic rings. The van der Waals surface area contributed by atoms with Gasteiger partial charge >= 0.3 is 11.9 Å². The smallest absolute Gasteiger partial charge is 0.339 e. The number of methoxy groups -OCH3 is 1. The number of rotatable bonds is 17. The summed E-state index contributed by atoms with van der Waals surface area (Å²) in [6.07, 6.45) is -0.457. The molecule has 0 saturated carbocycles. The van der Waals surface area contributed by atoms with E-state index in [2.05, 4.69) is 22.2 Å². The Morgan fingerprint density at radius 1 is 1.20 bits per heavy atom. The second kappa shape index (κ2) is 19.4. The molecular formula is C31H47N5O13. The zero-order valence-electron chi connectivity index (χ0n) is 27.4. The van der Waals surface area contributed by atoms with E-state index >= 15 is 0 Å². The van der Waals surface area contributed by atoms with Crippen molar-refractivity contribution >= 4 is 17.9 Å². The number of carboxylic acid groups (broad SMARTS) is 1. The number of nitrogens with two attached hydrogens (primary N) is 1. The zero-order chi connectivity index (χ0) is 36.1. The molecule has 10 N–H and O–H groups in total. The predicted molar refractivity (Wildman–Crippen MR) is 172 cm³/mol. The number of β-amino-alcohol motifs (C(OH)–C–C–N with tert-alkyl or cyclic N) is 1. The summed E-state index contributed by atoms with van der Waals surface area (Å²) in [4.78, 5) is 31.0. The fraction of sp³-hybridized carbons (Fsp3) is 0.581. The topological polar surface area (TPSA) is 267 Å². The first-order valence-electron chi connectivity index (χ1n) is 15.5. The minimum absolute atomic E-state index is 0.0438. The van der Waals surface area contributed by atoms with Crippen molar-refractivity contribution in [2.75, 3.05) is 60.3 Å². The van der Waals surface area contributed by atoms with Gasteiger partial charge in [0.25, 0.3) is 0 Å². The summed E-state index contributed by atoms with van der Waals surface area (Å²) in [7, 11) is 2.80. The lowest BCUT2D eigenvalue weighted by Crippen LogP contribution is -2.61. The van der Waals surface area contributed by atoms with Crippen molar-refractivity contribution in [2.45, 2.75) is 43.4 Å². The summed E-state index contributed by atoms with van der Waals surface area (Å²) in [5, 5.41) is 65.3. The highest BCUT2D eigenvalue weighted by atomic mass is 16.8. The van der Waals surface area contributed by atoms with E-state index in [-0.39, 0.29) is 62.4 Å². The number of aliphatic hydroxyl groups excluding tert-OH is 5. The van der Waals surface area contributed by atoms with Crippen LogP contribution in [0.15, 0.2) is 64.7 Å². The van der Waals surface area contributed by atoms with Crippen LogP contribution >= 0.6 is 0 Å². The van der Waals surface area contributed by atoms with E-state index < -0.39 is 67.4 Å². The molecule has 8 atom stereocenters. The third-order valence-corrected chi connectivity index (χ3v) is 7.87. The van der Waals surface area contributed by atoms with Crippen molar-refractivity contribution in [1.82, 2.24) is 15.5 Å². The Kier molecular flexibility index (Phi) is 15.6. The number of aliphatic imine (C=N–C) groups is 1. The Balaban J connectivity index is 2.04. The maximum atomic E-state index is 12.9. The molecule has 18 heteroatoms. The molecule has 0 aliphatic carbocycles. The van der Waals surface area contributed by atoms with Gasteiger partial charge in [0.05, 0.1) is 56.1 Å². The van der Waals surface area contributed by atoms with E-state index in [0.717, 1.165) is 6.26 Å². The van der Waals surface area contributed by atoms with Gasteiger partial charge in [-0.2, -0.15) is 0 Å². The molecule has 49 heavy (non-hydrogen) atoms. The average Bonchev–Trinajstić information content (AvgIpc) is 3.09. The van der Waals surface area contributed by atoms with Crippen molar-refractivity contribution in [3.63, 3.8) is 0 Å². The fourth-order valence-corrected chi connectivity index (χ4v) is 5.39. The fourth-order valence-electron chi connectivity index (χ4n) is 5.39. The van der Waals surface area contributed by atoms with Crippen LogP contribution in [0.1, 0.15) is 6.42 Å². The number of ether oxygens (including phenoxy) is 5. The molecule has 0 aromatic carbocycles. The Hall–Kier alpha value is -3.85. The third kappa shape index (κ3) is 10.1. The van der Waals surface area contributed by atoms with Gasteiger partial charge in [-0.25, -0.2) is 9.59 Å². The van der Waals surface area contributed by atoms with Crippen LogP contribution in [0.4, 0.5) is 0 Å². The summed E-state index contributed by atoms with van der Waals surface area (Å²) in [6.45, 7) is 3.29. The Labute approximate surface area is 283 Å². The van der Waals surface area contributed by atoms with Gasteiger partial charge in [-0.1, -0.05) is 18.2 Å². The lowest BCUT2D eigenvalue weighted by molar-refractivity contribution is -0.345. The van der Waals surface area contributed by atoms with Crippen LogP contribution < -0.4 is 16.4 Å². The molecule has 0 amide bonds. The van der Waals surface area contributed by atoms with Crippen LogP contribution in [0.2, 0.25) is 0 Å². The van der Waals surface area contributed by atoms with Gasteiger partial charge in [0.15, 0.2) is 12.2 Å². The van der Waals surface area contributed by atoms with Gasteiger partial charge in [-0.3, -0.25) is 10.3 Å². The molecule has 18 nitrogen and oxygen atoms in total. The van der Waals surface area contributed by atoms with E-state index in [1.165, 1.54) is 19.4 Å². The number of carbonyl (C=O) groups excluding carboxylic acids is 1. The zero-order valence-corrected chi connectivity index (χ0v) is 27.4. The molecule has 3 rings (SSSR count). The first kappa shape index (κ1) is 39.6. The van der Waals surface area contributed by atoms with E-state index in [1.54, 1.807) is 24.1 Å². The summed E-state index contributed by atoms with van der Waals surface area (Å²) in [6, 6.07) is 0. The van der Waals surface area contributed by atoms with Crippen molar-refractivity contribution in [2.24, 2.45) is 22.6 Å². The first-order valence-corrected chi connectivity index (χ1v) is 15.5. The Morgan fingerprint density at radius 3 is 2.57 bits per heavy atom. The number of carbonyl (C=O) groups is 2. The maximum Gasteiger partial charge on any atom is 0.339 e. The highest BCUT2D eigenvalue weighted by Crippen LogP contribution is 2.37. The van der Waals surface area contributed by atoms with Gasteiger partial charge in [-0.05, 0) is 19.0 Å². The van der Waals surface area contributed by atoms with Crippen molar-refractivity contribution < 1.29 is 63.9 Å². The third-order valence-electron chi connectivity index (χ3n) is 7.87. The maximum absolute atomic E-state index is 12.9. The standard InChI is InChI=1S/C31H47N5O13/c1-4-18-19(7-6-17-12-36(9-11-38)13-20(27(42)43)23(17)35-31(32)34-8-5-10-37)21(28(44)45-3)15-46-29(18)49-30-26(47-16-33-2)25(41)24(40)22(14-39)48-30/h4,6-7,13,15,18-19,22,24-26,29-30,33,37-41H,1,5,8-12,14,16H2,2-3H3,(H,42,43)(H3,32,34,35)/b7-6+/t18-,19+,22-,24-,25+,26-,29+,30+/m1/s1. The number of nitrogens with zero attached hydrogens (tertiary/aromatic N) is 2. The summed E-state index contributed by atoms with van der Waals surface area (Å²) in [5.74, 6) is -3.77. The predicted octanol–water partition coefficient (Wildman–Crippen LogP) is -2.79. The molecular weight excluding hydrogens is 650 g/mol. The largest absolute Gasteiger partial charge is 0.478 e. The normalized spacial score (nSPS) is 29.3. The number of guanidine groups is 1. The monoisotopic (exact) mass is 697 g/mol. The average molecular weight is 698 g/mol. The summed E-state index contributed by atoms with van der Waals surface area (Å²) in [5.41, 5.74) is 6.47.